The van der Waals surface area contributed by atoms with Gasteiger partial charge in [-0.3, -0.25) is 0 Å². The van der Waals surface area contributed by atoms with Crippen LogP contribution in [0.15, 0.2) is 176 Å². The number of hydrogen-bond donors (Lipinski definition) is 2. The molecule has 8 aromatic carbocycles. The molecule has 0 atom stereocenters. The number of furan rings is 2. The van der Waals surface area contributed by atoms with Crippen LogP contribution in [0.25, 0.3) is 55.0 Å². The van der Waals surface area contributed by atoms with Crippen molar-refractivity contribution >= 4 is 111 Å². The minimum Gasteiger partial charge on any atom is -0.457 e. The lowest BCUT2D eigenvalue weighted by Gasteiger charge is -2.35. The molecule has 64 heavy (non-hydrogen) atoms. The molecule has 2 aromatic heterocycles. The van der Waals surface area contributed by atoms with E-state index in [2.05, 4.69) is 155 Å². The van der Waals surface area contributed by atoms with Gasteiger partial charge in [0.25, 0.3) is 0 Å². The van der Waals surface area contributed by atoms with E-state index in [0.29, 0.717) is 11.2 Å². The number of hydrogen-bond acceptors (Lipinski definition) is 6. The fraction of sp³-hybridized carbons (Fsp3) is 0.111. The number of rotatable bonds is 2. The number of benzene rings is 8. The van der Waals surface area contributed by atoms with E-state index in [1.165, 1.54) is 11.1 Å². The first-order chi connectivity index (χ1) is 30.8. The molecular formula is C54H40BBr2IO6. The first kappa shape index (κ1) is 42.6. The van der Waals surface area contributed by atoms with Gasteiger partial charge in [0.15, 0.2) is 0 Å². The Labute approximate surface area is 401 Å². The average molecular weight is 1080 g/mol. The Hall–Kier alpha value is -5.37. The van der Waals surface area contributed by atoms with Gasteiger partial charge < -0.3 is 28.4 Å². The summed E-state index contributed by atoms with van der Waals surface area (Å²) in [4.78, 5) is 0. The molecule has 12 rings (SSSR count). The lowest BCUT2D eigenvalue weighted by molar-refractivity contribution is 0.405. The van der Waals surface area contributed by atoms with E-state index in [0.717, 1.165) is 95.9 Å². The molecule has 10 aromatic rings. The Morgan fingerprint density at radius 1 is 0.469 bits per heavy atom. The van der Waals surface area contributed by atoms with E-state index >= 15 is 0 Å². The molecule has 2 aliphatic heterocycles. The zero-order valence-corrected chi connectivity index (χ0v) is 40.6. The molecule has 0 amide bonds. The van der Waals surface area contributed by atoms with Crippen molar-refractivity contribution in [2.75, 3.05) is 0 Å². The summed E-state index contributed by atoms with van der Waals surface area (Å²) < 4.78 is 27.8. The lowest BCUT2D eigenvalue weighted by atomic mass is 9.70. The van der Waals surface area contributed by atoms with Gasteiger partial charge in [0.1, 0.15) is 45.3 Å². The smallest absolute Gasteiger partial charge is 0.457 e. The van der Waals surface area contributed by atoms with Crippen molar-refractivity contribution in [2.24, 2.45) is 0 Å². The molecule has 0 bridgehead atoms. The molecular weight excluding hydrogens is 1040 g/mol. The van der Waals surface area contributed by atoms with Crippen LogP contribution in [-0.2, 0) is 10.8 Å². The summed E-state index contributed by atoms with van der Waals surface area (Å²) in [6, 6.07) is 52.6. The van der Waals surface area contributed by atoms with Crippen molar-refractivity contribution in [3.05, 3.63) is 192 Å². The highest BCUT2D eigenvalue weighted by Crippen LogP contribution is 2.53. The molecule has 6 nitrogen and oxygen atoms in total. The second-order valence-corrected chi connectivity index (χ2v) is 19.8. The molecule has 0 aliphatic carbocycles. The van der Waals surface area contributed by atoms with Crippen molar-refractivity contribution in [3.8, 4) is 34.1 Å². The Morgan fingerprint density at radius 3 is 1.55 bits per heavy atom. The van der Waals surface area contributed by atoms with E-state index in [1.807, 2.05) is 78.9 Å². The van der Waals surface area contributed by atoms with Gasteiger partial charge in [-0.2, -0.15) is 0 Å². The van der Waals surface area contributed by atoms with Crippen LogP contribution < -0.4 is 14.9 Å². The fourth-order valence-electron chi connectivity index (χ4n) is 9.13. The average Bonchev–Trinajstić information content (AvgIpc) is 3.89. The summed E-state index contributed by atoms with van der Waals surface area (Å²) in [5, 5.41) is 23.5. The Balaban J connectivity index is 0.000000122. The third-order valence-corrected chi connectivity index (χ3v) is 14.6. The number of ether oxygens (including phenoxy) is 2. The number of para-hydroxylation sites is 6. The van der Waals surface area contributed by atoms with Crippen LogP contribution in [0.5, 0.6) is 23.0 Å². The monoisotopic (exact) mass is 1080 g/mol. The molecule has 0 saturated carbocycles. The van der Waals surface area contributed by atoms with Crippen molar-refractivity contribution in [3.63, 3.8) is 0 Å². The summed E-state index contributed by atoms with van der Waals surface area (Å²) in [5.74, 6) is 3.15. The predicted molar refractivity (Wildman–Crippen MR) is 275 cm³/mol. The summed E-state index contributed by atoms with van der Waals surface area (Å²) in [5.41, 5.74) is 10.2. The molecule has 4 heterocycles. The number of halogens is 3. The highest BCUT2D eigenvalue weighted by Gasteiger charge is 2.37. The first-order valence-electron chi connectivity index (χ1n) is 20.9. The van der Waals surface area contributed by atoms with Crippen LogP contribution >= 0.6 is 54.5 Å². The van der Waals surface area contributed by atoms with Gasteiger partial charge in [-0.1, -0.05) is 169 Å². The van der Waals surface area contributed by atoms with Gasteiger partial charge in [0.05, 0.1) is 3.57 Å². The molecule has 10 heteroatoms. The molecule has 2 N–H and O–H groups in total. The van der Waals surface area contributed by atoms with Crippen LogP contribution in [-0.4, -0.2) is 17.2 Å². The van der Waals surface area contributed by atoms with Gasteiger partial charge in [-0.25, -0.2) is 0 Å². The Morgan fingerprint density at radius 2 is 0.938 bits per heavy atom. The van der Waals surface area contributed by atoms with E-state index in [1.54, 1.807) is 6.07 Å². The predicted octanol–water partition coefficient (Wildman–Crippen LogP) is 15.2. The summed E-state index contributed by atoms with van der Waals surface area (Å²) in [7, 11) is -1.53. The maximum absolute atomic E-state index is 9.47. The van der Waals surface area contributed by atoms with Crippen LogP contribution in [0.1, 0.15) is 49.9 Å². The molecule has 0 fully saturated rings. The van der Waals surface area contributed by atoms with Gasteiger partial charge in [0, 0.05) is 80.2 Å². The third-order valence-electron chi connectivity index (χ3n) is 12.4. The molecule has 2 aliphatic rings. The summed E-state index contributed by atoms with van der Waals surface area (Å²) in [6.45, 7) is 8.74. The van der Waals surface area contributed by atoms with Crippen LogP contribution in [0.3, 0.4) is 0 Å². The van der Waals surface area contributed by atoms with Crippen LogP contribution in [0.4, 0.5) is 0 Å². The molecule has 0 radical (unpaired) electrons. The highest BCUT2D eigenvalue weighted by molar-refractivity contribution is 14.1. The second-order valence-electron chi connectivity index (χ2n) is 17.0. The normalized spacial score (nSPS) is 13.9. The van der Waals surface area contributed by atoms with Crippen molar-refractivity contribution in [1.29, 1.82) is 0 Å². The topological polar surface area (TPSA) is 85.2 Å². The molecule has 0 spiro atoms. The largest absolute Gasteiger partial charge is 0.492 e. The molecule has 0 unspecified atom stereocenters. The van der Waals surface area contributed by atoms with E-state index < -0.39 is 7.12 Å². The van der Waals surface area contributed by atoms with E-state index in [4.69, 9.17) is 18.3 Å². The minimum absolute atomic E-state index is 0.150. The van der Waals surface area contributed by atoms with Crippen molar-refractivity contribution in [1.82, 2.24) is 0 Å². The minimum atomic E-state index is -1.53. The van der Waals surface area contributed by atoms with Gasteiger partial charge in [0.2, 0.25) is 0 Å². The highest BCUT2D eigenvalue weighted by atomic mass is 127. The van der Waals surface area contributed by atoms with Gasteiger partial charge in [-0.05, 0) is 71.1 Å². The van der Waals surface area contributed by atoms with Gasteiger partial charge >= 0.3 is 7.12 Å². The zero-order valence-electron chi connectivity index (χ0n) is 35.2. The summed E-state index contributed by atoms with van der Waals surface area (Å²) in [6.07, 6.45) is 0. The maximum atomic E-state index is 9.47. The fourth-order valence-corrected chi connectivity index (χ4v) is 10.7. The van der Waals surface area contributed by atoms with Crippen LogP contribution in [0.2, 0.25) is 0 Å². The van der Waals surface area contributed by atoms with Crippen molar-refractivity contribution < 1.29 is 28.4 Å². The number of fused-ring (bicyclic) bond motifs is 10. The van der Waals surface area contributed by atoms with E-state index in [-0.39, 0.29) is 10.8 Å². The maximum Gasteiger partial charge on any atom is 0.492 e. The van der Waals surface area contributed by atoms with E-state index in [9.17, 15) is 10.0 Å². The zero-order chi connectivity index (χ0) is 44.5. The second kappa shape index (κ2) is 16.6. The standard InChI is InChI=1S/C27H19BrO2.C15H15BO3.C12H6BrIO/c1-27(2)19-10-4-6-13-23(19)30-25-16(9-7-11-20(25)27)17-14-15-21(28)24-18-8-3-5-12-22(18)29-26(17)24;1-15(2)10-6-3-4-9-13(10)19-14-11(15)7-5-8-12(14)16(17)18;13-8-5-6-9(14)12-11(8)7-3-1-2-4-10(7)15-12/h3-15H,1-2H3;3-9,17-18H,1-2H3;1-6H. The quantitative estimate of drug-likeness (QED) is 0.133. The first-order valence-corrected chi connectivity index (χ1v) is 23.5. The summed E-state index contributed by atoms with van der Waals surface area (Å²) >= 11 is 9.59. The third kappa shape index (κ3) is 7.15. The Kier molecular flexibility index (Phi) is 11.0. The molecule has 0 saturated heterocycles. The molecule has 316 valence electrons. The lowest BCUT2D eigenvalue weighted by Crippen LogP contribution is -2.35. The van der Waals surface area contributed by atoms with Gasteiger partial charge in [-0.15, -0.1) is 0 Å². The van der Waals surface area contributed by atoms with Crippen molar-refractivity contribution in [2.45, 2.75) is 38.5 Å². The SMILES string of the molecule is Brc1ccc(I)c2oc3ccccc3c12.CC1(C)c2ccccc2Oc2c(-c3ccc(Br)c4c3oc3ccccc34)cccc21.CC1(C)c2ccccc2Oc2c(B(O)O)cccc21. The Bertz CT molecular complexity index is 3440. The van der Waals surface area contributed by atoms with Crippen LogP contribution in [0, 0.1) is 3.57 Å².